The fourth-order valence-corrected chi connectivity index (χ4v) is 2.65. The molecule has 0 rings (SSSR count). The highest BCUT2D eigenvalue weighted by Crippen LogP contribution is 2.24. The molecule has 0 saturated carbocycles. The molecule has 0 fully saturated rings. The highest BCUT2D eigenvalue weighted by atomic mass is 15.7. The van der Waals surface area contributed by atoms with Crippen molar-refractivity contribution in [3.63, 3.8) is 0 Å². The first-order valence-corrected chi connectivity index (χ1v) is 7.68. The largest absolute Gasteiger partial charge is 0.297 e. The standard InChI is InChI=1S/C15H36N3/c1-8-12-17(13-9-2)14-15(5,10-3)18(6,7)16-11-4/h16H,8-14H2,1-7H3/q+1. The Morgan fingerprint density at radius 2 is 1.50 bits per heavy atom. The van der Waals surface area contributed by atoms with Crippen LogP contribution in [0.3, 0.4) is 0 Å². The van der Waals surface area contributed by atoms with Crippen LogP contribution in [0.2, 0.25) is 0 Å². The second kappa shape index (κ2) is 8.13. The molecule has 3 nitrogen and oxygen atoms in total. The number of hydrogen-bond donors (Lipinski definition) is 1. The van der Waals surface area contributed by atoms with Crippen LogP contribution in [0.5, 0.6) is 0 Å². The Morgan fingerprint density at radius 3 is 1.83 bits per heavy atom. The molecule has 0 aliphatic rings. The lowest BCUT2D eigenvalue weighted by atomic mass is 9.95. The molecule has 0 heterocycles. The predicted molar refractivity (Wildman–Crippen MR) is 81.5 cm³/mol. The third kappa shape index (κ3) is 4.87. The molecule has 1 unspecified atom stereocenters. The Labute approximate surface area is 115 Å². The van der Waals surface area contributed by atoms with Crippen molar-refractivity contribution in [1.29, 1.82) is 0 Å². The van der Waals surface area contributed by atoms with Gasteiger partial charge in [0.2, 0.25) is 0 Å². The third-order valence-electron chi connectivity index (χ3n) is 4.31. The smallest absolute Gasteiger partial charge is 0.126 e. The minimum atomic E-state index is 0.264. The van der Waals surface area contributed by atoms with E-state index in [9.17, 15) is 0 Å². The Hall–Kier alpha value is -0.120. The molecule has 1 atom stereocenters. The molecule has 3 heteroatoms. The molecule has 0 aliphatic heterocycles. The third-order valence-corrected chi connectivity index (χ3v) is 4.31. The summed E-state index contributed by atoms with van der Waals surface area (Å²) in [6.07, 6.45) is 3.68. The van der Waals surface area contributed by atoms with Crippen LogP contribution < -0.4 is 5.43 Å². The summed E-state index contributed by atoms with van der Waals surface area (Å²) in [6, 6.07) is 0. The van der Waals surface area contributed by atoms with Gasteiger partial charge in [0.15, 0.2) is 0 Å². The van der Waals surface area contributed by atoms with Crippen LogP contribution in [0.25, 0.3) is 0 Å². The van der Waals surface area contributed by atoms with Crippen molar-refractivity contribution in [2.45, 2.75) is 59.4 Å². The van der Waals surface area contributed by atoms with Crippen LogP contribution in [0.4, 0.5) is 0 Å². The van der Waals surface area contributed by atoms with Crippen LogP contribution in [0.15, 0.2) is 0 Å². The fraction of sp³-hybridized carbons (Fsp3) is 1.00. The molecule has 0 aromatic carbocycles. The van der Waals surface area contributed by atoms with Gasteiger partial charge in [0.1, 0.15) is 5.54 Å². The predicted octanol–water partition coefficient (Wildman–Crippen LogP) is 2.88. The lowest BCUT2D eigenvalue weighted by Crippen LogP contribution is -2.68. The number of nitrogens with zero attached hydrogens (tertiary/aromatic N) is 2. The quantitative estimate of drug-likeness (QED) is 0.479. The first kappa shape index (κ1) is 17.9. The van der Waals surface area contributed by atoms with Crippen LogP contribution >= 0.6 is 0 Å². The van der Waals surface area contributed by atoms with Gasteiger partial charge in [-0.05, 0) is 39.8 Å². The van der Waals surface area contributed by atoms with E-state index < -0.39 is 0 Å². The normalized spacial score (nSPS) is 16.0. The Bertz CT molecular complexity index is 210. The van der Waals surface area contributed by atoms with Crippen molar-refractivity contribution in [2.24, 2.45) is 0 Å². The molecule has 18 heavy (non-hydrogen) atoms. The van der Waals surface area contributed by atoms with Crippen molar-refractivity contribution in [1.82, 2.24) is 10.3 Å². The Balaban J connectivity index is 4.80. The van der Waals surface area contributed by atoms with Gasteiger partial charge in [-0.15, -0.1) is 0 Å². The van der Waals surface area contributed by atoms with E-state index in [4.69, 9.17) is 0 Å². The highest BCUT2D eigenvalue weighted by molar-refractivity contribution is 4.78. The lowest BCUT2D eigenvalue weighted by Gasteiger charge is -2.47. The summed E-state index contributed by atoms with van der Waals surface area (Å²) in [6.45, 7) is 16.1. The Kier molecular flexibility index (Phi) is 8.08. The highest BCUT2D eigenvalue weighted by Gasteiger charge is 2.40. The molecule has 0 spiro atoms. The monoisotopic (exact) mass is 258 g/mol. The fourth-order valence-electron chi connectivity index (χ4n) is 2.65. The van der Waals surface area contributed by atoms with Crippen molar-refractivity contribution >= 4 is 0 Å². The van der Waals surface area contributed by atoms with Gasteiger partial charge in [0.05, 0.1) is 20.6 Å². The average Bonchev–Trinajstić information content (AvgIpc) is 2.29. The van der Waals surface area contributed by atoms with Gasteiger partial charge in [-0.3, -0.25) is 4.90 Å². The first-order chi connectivity index (χ1) is 8.36. The van der Waals surface area contributed by atoms with Crippen molar-refractivity contribution in [3.8, 4) is 0 Å². The second-order valence-electron chi connectivity index (χ2n) is 6.09. The molecular formula is C15H36N3+. The van der Waals surface area contributed by atoms with Gasteiger partial charge in [-0.1, -0.05) is 20.8 Å². The molecule has 0 saturated heterocycles. The van der Waals surface area contributed by atoms with E-state index in [0.29, 0.717) is 0 Å². The number of rotatable bonds is 10. The van der Waals surface area contributed by atoms with Crippen LogP contribution in [0.1, 0.15) is 53.9 Å². The number of quaternary nitrogens is 1. The molecule has 110 valence electrons. The maximum atomic E-state index is 3.61. The van der Waals surface area contributed by atoms with E-state index in [0.717, 1.165) is 11.1 Å². The van der Waals surface area contributed by atoms with Crippen molar-refractivity contribution in [2.75, 3.05) is 40.3 Å². The first-order valence-electron chi connectivity index (χ1n) is 7.68. The van der Waals surface area contributed by atoms with Gasteiger partial charge in [-0.25, -0.2) is 4.59 Å². The van der Waals surface area contributed by atoms with Gasteiger partial charge in [0.25, 0.3) is 0 Å². The van der Waals surface area contributed by atoms with Crippen molar-refractivity contribution < 1.29 is 4.59 Å². The van der Waals surface area contributed by atoms with E-state index in [1.807, 2.05) is 0 Å². The van der Waals surface area contributed by atoms with Gasteiger partial charge in [-0.2, -0.15) is 5.43 Å². The van der Waals surface area contributed by atoms with E-state index >= 15 is 0 Å². The summed E-state index contributed by atoms with van der Waals surface area (Å²) in [4.78, 5) is 2.63. The summed E-state index contributed by atoms with van der Waals surface area (Å²) < 4.78 is 0.893. The van der Waals surface area contributed by atoms with E-state index in [1.165, 1.54) is 38.9 Å². The lowest BCUT2D eigenvalue weighted by molar-refractivity contribution is -0.980. The van der Waals surface area contributed by atoms with E-state index in [-0.39, 0.29) is 5.54 Å². The average molecular weight is 258 g/mol. The summed E-state index contributed by atoms with van der Waals surface area (Å²) in [5.74, 6) is 0. The van der Waals surface area contributed by atoms with E-state index in [1.54, 1.807) is 0 Å². The molecule has 0 aliphatic carbocycles. The topological polar surface area (TPSA) is 15.3 Å². The zero-order valence-electron chi connectivity index (χ0n) is 13.8. The minimum absolute atomic E-state index is 0.264. The van der Waals surface area contributed by atoms with Crippen molar-refractivity contribution in [3.05, 3.63) is 0 Å². The molecule has 0 amide bonds. The molecule has 0 aromatic heterocycles. The molecule has 0 bridgehead atoms. The Morgan fingerprint density at radius 1 is 1.00 bits per heavy atom. The molecule has 0 radical (unpaired) electrons. The molecule has 0 aromatic rings. The van der Waals surface area contributed by atoms with E-state index in [2.05, 4.69) is 59.0 Å². The maximum Gasteiger partial charge on any atom is 0.126 e. The zero-order chi connectivity index (χ0) is 14.2. The summed E-state index contributed by atoms with van der Waals surface area (Å²) >= 11 is 0. The van der Waals surface area contributed by atoms with Gasteiger partial charge < -0.3 is 0 Å². The summed E-state index contributed by atoms with van der Waals surface area (Å²) in [5, 5.41) is 0. The van der Waals surface area contributed by atoms with Crippen LogP contribution in [-0.2, 0) is 0 Å². The number of hydrogen-bond acceptors (Lipinski definition) is 2. The van der Waals surface area contributed by atoms with Crippen LogP contribution in [-0.4, -0.2) is 55.3 Å². The summed E-state index contributed by atoms with van der Waals surface area (Å²) in [5.41, 5.74) is 3.88. The maximum absolute atomic E-state index is 3.61. The minimum Gasteiger partial charge on any atom is -0.297 e. The SMILES string of the molecule is CCCN(CCC)CC(C)(CC)[N+](C)(C)NCC. The summed E-state index contributed by atoms with van der Waals surface area (Å²) in [7, 11) is 4.59. The number of nitrogens with one attached hydrogen (secondary N) is 1. The number of likely N-dealkylation sites (N-methyl/N-ethyl adjacent to an activating group) is 1. The van der Waals surface area contributed by atoms with Gasteiger partial charge in [0, 0.05) is 13.0 Å². The zero-order valence-corrected chi connectivity index (χ0v) is 13.8. The second-order valence-corrected chi connectivity index (χ2v) is 6.09. The van der Waals surface area contributed by atoms with Crippen LogP contribution in [0, 0.1) is 0 Å². The molecular weight excluding hydrogens is 222 g/mol. The molecule has 1 N–H and O–H groups in total. The van der Waals surface area contributed by atoms with Gasteiger partial charge >= 0.3 is 0 Å².